The maximum Gasteiger partial charge on any atom is 0.241 e. The van der Waals surface area contributed by atoms with Crippen LogP contribution in [0.15, 0.2) is 42.5 Å². The summed E-state index contributed by atoms with van der Waals surface area (Å²) in [4.78, 5) is 12.7. The standard InChI is InChI=1S/C21H26N2O3S/c1-15-8-6-13-20(16(15)2)23(27(3,25)26)14-21(24)22-19-12-7-10-17-9-4-5-11-18(17)19/h4-6,8-9,11,13,19H,7,10,12,14H2,1-3H3,(H,22,24). The Balaban J connectivity index is 1.82. The quantitative estimate of drug-likeness (QED) is 0.858. The third kappa shape index (κ3) is 4.33. The van der Waals surface area contributed by atoms with Crippen LogP contribution in [-0.4, -0.2) is 27.1 Å². The summed E-state index contributed by atoms with van der Waals surface area (Å²) in [6.07, 6.45) is 4.03. The SMILES string of the molecule is Cc1cccc(N(CC(=O)NC2CCCc3ccccc32)S(C)(=O)=O)c1C. The molecular weight excluding hydrogens is 360 g/mol. The summed E-state index contributed by atoms with van der Waals surface area (Å²) < 4.78 is 25.9. The van der Waals surface area contributed by atoms with Gasteiger partial charge in [0.1, 0.15) is 6.54 Å². The van der Waals surface area contributed by atoms with Crippen LogP contribution in [0.25, 0.3) is 0 Å². The average Bonchev–Trinajstić information content (AvgIpc) is 2.62. The first-order valence-corrected chi connectivity index (χ1v) is 11.0. The molecule has 1 unspecified atom stereocenters. The lowest BCUT2D eigenvalue weighted by Gasteiger charge is -2.28. The highest BCUT2D eigenvalue weighted by Crippen LogP contribution is 2.30. The molecule has 1 amide bonds. The first-order chi connectivity index (χ1) is 12.8. The van der Waals surface area contributed by atoms with Crippen LogP contribution in [0.1, 0.15) is 41.1 Å². The molecule has 0 heterocycles. The first kappa shape index (κ1) is 19.4. The summed E-state index contributed by atoms with van der Waals surface area (Å²) in [7, 11) is -3.58. The number of nitrogens with zero attached hydrogens (tertiary/aromatic N) is 1. The van der Waals surface area contributed by atoms with Crippen LogP contribution in [0, 0.1) is 13.8 Å². The Morgan fingerprint density at radius 1 is 1.15 bits per heavy atom. The molecule has 0 fully saturated rings. The van der Waals surface area contributed by atoms with Gasteiger partial charge in [0.05, 0.1) is 18.0 Å². The van der Waals surface area contributed by atoms with Crippen LogP contribution in [0.5, 0.6) is 0 Å². The number of fused-ring (bicyclic) bond motifs is 1. The normalized spacial score (nSPS) is 16.5. The monoisotopic (exact) mass is 386 g/mol. The van der Waals surface area contributed by atoms with Crippen molar-refractivity contribution in [3.63, 3.8) is 0 Å². The second-order valence-electron chi connectivity index (χ2n) is 7.20. The fourth-order valence-corrected chi connectivity index (χ4v) is 4.57. The number of hydrogen-bond donors (Lipinski definition) is 1. The minimum atomic E-state index is -3.58. The lowest BCUT2D eigenvalue weighted by atomic mass is 9.88. The van der Waals surface area contributed by atoms with E-state index in [1.807, 2.05) is 44.2 Å². The number of nitrogens with one attached hydrogen (secondary N) is 1. The van der Waals surface area contributed by atoms with Crippen molar-refractivity contribution in [3.05, 3.63) is 64.7 Å². The lowest BCUT2D eigenvalue weighted by Crippen LogP contribution is -2.42. The van der Waals surface area contributed by atoms with Crippen molar-refractivity contribution in [1.29, 1.82) is 0 Å². The molecule has 0 aliphatic heterocycles. The maximum absolute atomic E-state index is 12.7. The summed E-state index contributed by atoms with van der Waals surface area (Å²) >= 11 is 0. The number of benzene rings is 2. The topological polar surface area (TPSA) is 66.5 Å². The van der Waals surface area contributed by atoms with E-state index in [9.17, 15) is 13.2 Å². The highest BCUT2D eigenvalue weighted by atomic mass is 32.2. The zero-order valence-corrected chi connectivity index (χ0v) is 16.8. The Kier molecular flexibility index (Phi) is 5.56. The van der Waals surface area contributed by atoms with Gasteiger partial charge in [-0.25, -0.2) is 8.42 Å². The molecule has 3 rings (SSSR count). The van der Waals surface area contributed by atoms with E-state index in [1.165, 1.54) is 9.87 Å². The predicted molar refractivity (Wildman–Crippen MR) is 108 cm³/mol. The second kappa shape index (κ2) is 7.72. The minimum Gasteiger partial charge on any atom is -0.348 e. The lowest BCUT2D eigenvalue weighted by molar-refractivity contribution is -0.120. The first-order valence-electron chi connectivity index (χ1n) is 9.18. The Labute approximate surface area is 161 Å². The van der Waals surface area contributed by atoms with Gasteiger partial charge in [-0.3, -0.25) is 9.10 Å². The molecule has 27 heavy (non-hydrogen) atoms. The number of amides is 1. The van der Waals surface area contributed by atoms with Crippen molar-refractivity contribution in [2.24, 2.45) is 0 Å². The van der Waals surface area contributed by atoms with Gasteiger partial charge in [0.15, 0.2) is 0 Å². The molecule has 1 aliphatic rings. The number of rotatable bonds is 5. The number of aryl methyl sites for hydroxylation is 2. The van der Waals surface area contributed by atoms with E-state index in [1.54, 1.807) is 6.07 Å². The predicted octanol–water partition coefficient (Wildman–Crippen LogP) is 3.26. The van der Waals surface area contributed by atoms with Gasteiger partial charge in [-0.2, -0.15) is 0 Å². The van der Waals surface area contributed by atoms with E-state index in [4.69, 9.17) is 0 Å². The van der Waals surface area contributed by atoms with Gasteiger partial charge in [-0.15, -0.1) is 0 Å². The van der Waals surface area contributed by atoms with E-state index in [2.05, 4.69) is 11.4 Å². The molecule has 1 N–H and O–H groups in total. The summed E-state index contributed by atoms with van der Waals surface area (Å²) in [5.41, 5.74) is 4.79. The van der Waals surface area contributed by atoms with E-state index >= 15 is 0 Å². The summed E-state index contributed by atoms with van der Waals surface area (Å²) in [5, 5.41) is 3.04. The minimum absolute atomic E-state index is 0.0672. The fraction of sp³-hybridized carbons (Fsp3) is 0.381. The zero-order chi connectivity index (χ0) is 19.6. The summed E-state index contributed by atoms with van der Waals surface area (Å²) in [6.45, 7) is 3.58. The fourth-order valence-electron chi connectivity index (χ4n) is 3.66. The Hall–Kier alpha value is -2.34. The van der Waals surface area contributed by atoms with Crippen molar-refractivity contribution in [1.82, 2.24) is 5.32 Å². The van der Waals surface area contributed by atoms with Crippen LogP contribution in [0.4, 0.5) is 5.69 Å². The van der Waals surface area contributed by atoms with E-state index in [-0.39, 0.29) is 18.5 Å². The van der Waals surface area contributed by atoms with Gasteiger partial charge in [-0.1, -0.05) is 36.4 Å². The number of anilines is 1. The number of hydrogen-bond acceptors (Lipinski definition) is 3. The molecule has 0 spiro atoms. The molecule has 0 saturated carbocycles. The number of carbonyl (C=O) groups is 1. The van der Waals surface area contributed by atoms with Gasteiger partial charge in [-0.05, 0) is 61.4 Å². The molecule has 1 aliphatic carbocycles. The molecule has 1 atom stereocenters. The Morgan fingerprint density at radius 2 is 1.89 bits per heavy atom. The highest BCUT2D eigenvalue weighted by Gasteiger charge is 2.26. The third-order valence-corrected chi connectivity index (χ3v) is 6.36. The van der Waals surface area contributed by atoms with Gasteiger partial charge in [0, 0.05) is 0 Å². The van der Waals surface area contributed by atoms with Crippen LogP contribution in [0.2, 0.25) is 0 Å². The van der Waals surface area contributed by atoms with Crippen LogP contribution >= 0.6 is 0 Å². The van der Waals surface area contributed by atoms with Crippen LogP contribution in [0.3, 0.4) is 0 Å². The zero-order valence-electron chi connectivity index (χ0n) is 16.0. The van der Waals surface area contributed by atoms with Crippen molar-refractivity contribution in [2.75, 3.05) is 17.1 Å². The molecule has 144 valence electrons. The Morgan fingerprint density at radius 3 is 2.63 bits per heavy atom. The van der Waals surface area contributed by atoms with Crippen molar-refractivity contribution in [3.8, 4) is 0 Å². The van der Waals surface area contributed by atoms with E-state index in [0.29, 0.717) is 5.69 Å². The molecule has 0 aromatic heterocycles. The van der Waals surface area contributed by atoms with E-state index in [0.717, 1.165) is 42.2 Å². The summed E-state index contributed by atoms with van der Waals surface area (Å²) in [5.74, 6) is -0.289. The van der Waals surface area contributed by atoms with Crippen molar-refractivity contribution >= 4 is 21.6 Å². The van der Waals surface area contributed by atoms with Gasteiger partial charge >= 0.3 is 0 Å². The van der Waals surface area contributed by atoms with E-state index < -0.39 is 10.0 Å². The number of sulfonamides is 1. The molecule has 0 bridgehead atoms. The smallest absolute Gasteiger partial charge is 0.241 e. The van der Waals surface area contributed by atoms with Gasteiger partial charge in [0.25, 0.3) is 0 Å². The molecule has 0 saturated heterocycles. The second-order valence-corrected chi connectivity index (χ2v) is 9.11. The molecule has 6 heteroatoms. The van der Waals surface area contributed by atoms with Crippen LogP contribution in [-0.2, 0) is 21.2 Å². The highest BCUT2D eigenvalue weighted by molar-refractivity contribution is 7.92. The number of carbonyl (C=O) groups excluding carboxylic acids is 1. The molecule has 2 aromatic rings. The largest absolute Gasteiger partial charge is 0.348 e. The van der Waals surface area contributed by atoms with Gasteiger partial charge in [0.2, 0.25) is 15.9 Å². The molecule has 2 aromatic carbocycles. The Bertz CT molecular complexity index is 954. The van der Waals surface area contributed by atoms with Crippen molar-refractivity contribution < 1.29 is 13.2 Å². The maximum atomic E-state index is 12.7. The van der Waals surface area contributed by atoms with Crippen molar-refractivity contribution in [2.45, 2.75) is 39.2 Å². The molecular formula is C21H26N2O3S. The summed E-state index contributed by atoms with van der Waals surface area (Å²) in [6, 6.07) is 13.5. The molecule has 0 radical (unpaired) electrons. The third-order valence-electron chi connectivity index (χ3n) is 5.24. The van der Waals surface area contributed by atoms with Crippen LogP contribution < -0.4 is 9.62 Å². The van der Waals surface area contributed by atoms with Gasteiger partial charge < -0.3 is 5.32 Å². The molecule has 5 nitrogen and oxygen atoms in total. The average molecular weight is 387 g/mol.